The number of nitrogens with zero attached hydrogens (tertiary/aromatic N) is 3. The topological polar surface area (TPSA) is 78.5 Å². The van der Waals surface area contributed by atoms with Crippen molar-refractivity contribution in [2.75, 3.05) is 33.3 Å². The van der Waals surface area contributed by atoms with Crippen LogP contribution in [0.15, 0.2) is 54.6 Å². The highest BCUT2D eigenvalue weighted by molar-refractivity contribution is 5.97. The van der Waals surface area contributed by atoms with Crippen LogP contribution in [0.4, 0.5) is 4.39 Å². The number of H-pyrrole nitrogens is 1. The zero-order valence-electron chi connectivity index (χ0n) is 16.5. The van der Waals surface area contributed by atoms with Crippen molar-refractivity contribution in [2.45, 2.75) is 0 Å². The summed E-state index contributed by atoms with van der Waals surface area (Å²) < 4.78 is 18.4. The lowest BCUT2D eigenvalue weighted by Crippen LogP contribution is -2.50. The molecule has 0 unspecified atom stereocenters. The van der Waals surface area contributed by atoms with Crippen LogP contribution in [0.25, 0.3) is 11.3 Å². The number of benzene rings is 2. The minimum absolute atomic E-state index is 0.111. The molecule has 30 heavy (non-hydrogen) atoms. The molecule has 1 aromatic heterocycles. The Labute approximate surface area is 173 Å². The minimum Gasteiger partial charge on any atom is -0.496 e. The second-order valence-electron chi connectivity index (χ2n) is 6.96. The van der Waals surface area contributed by atoms with E-state index in [-0.39, 0.29) is 17.6 Å². The van der Waals surface area contributed by atoms with Crippen molar-refractivity contribution in [1.82, 2.24) is 20.0 Å². The Morgan fingerprint density at radius 1 is 0.967 bits per heavy atom. The first-order valence-corrected chi connectivity index (χ1v) is 9.60. The Balaban J connectivity index is 1.40. The van der Waals surface area contributed by atoms with Crippen LogP contribution in [-0.2, 0) is 0 Å². The van der Waals surface area contributed by atoms with E-state index >= 15 is 0 Å². The molecule has 2 amide bonds. The lowest BCUT2D eigenvalue weighted by atomic mass is 10.1. The van der Waals surface area contributed by atoms with E-state index in [0.29, 0.717) is 48.9 Å². The molecule has 1 aliphatic rings. The van der Waals surface area contributed by atoms with Gasteiger partial charge in [-0.05, 0) is 42.5 Å². The van der Waals surface area contributed by atoms with E-state index in [2.05, 4.69) is 10.2 Å². The van der Waals surface area contributed by atoms with Gasteiger partial charge in [0.2, 0.25) is 0 Å². The molecule has 1 fully saturated rings. The molecule has 1 saturated heterocycles. The van der Waals surface area contributed by atoms with E-state index < -0.39 is 0 Å². The largest absolute Gasteiger partial charge is 0.496 e. The Morgan fingerprint density at radius 2 is 1.60 bits per heavy atom. The van der Waals surface area contributed by atoms with E-state index in [0.717, 1.165) is 5.56 Å². The van der Waals surface area contributed by atoms with Gasteiger partial charge in [0.05, 0.1) is 18.4 Å². The maximum atomic E-state index is 13.1. The number of rotatable bonds is 4. The molecule has 1 aliphatic heterocycles. The van der Waals surface area contributed by atoms with Crippen LogP contribution in [0.2, 0.25) is 0 Å². The van der Waals surface area contributed by atoms with Gasteiger partial charge in [0, 0.05) is 31.7 Å². The van der Waals surface area contributed by atoms with E-state index in [4.69, 9.17) is 4.74 Å². The van der Waals surface area contributed by atoms with Gasteiger partial charge in [-0.1, -0.05) is 12.1 Å². The van der Waals surface area contributed by atoms with Crippen LogP contribution in [0, 0.1) is 5.82 Å². The zero-order chi connectivity index (χ0) is 21.1. The number of aromatic nitrogens is 2. The number of halogens is 1. The molecule has 7 nitrogen and oxygen atoms in total. The summed E-state index contributed by atoms with van der Waals surface area (Å²) in [7, 11) is 1.54. The van der Waals surface area contributed by atoms with Gasteiger partial charge in [-0.15, -0.1) is 0 Å². The summed E-state index contributed by atoms with van der Waals surface area (Å²) in [5.41, 5.74) is 2.17. The summed E-state index contributed by atoms with van der Waals surface area (Å²) in [5, 5.41) is 6.92. The van der Waals surface area contributed by atoms with Crippen molar-refractivity contribution in [3.05, 3.63) is 71.7 Å². The van der Waals surface area contributed by atoms with Gasteiger partial charge in [-0.25, -0.2) is 4.39 Å². The van der Waals surface area contributed by atoms with Crippen LogP contribution < -0.4 is 4.74 Å². The van der Waals surface area contributed by atoms with Gasteiger partial charge >= 0.3 is 0 Å². The summed E-state index contributed by atoms with van der Waals surface area (Å²) in [6.45, 7) is 1.71. The van der Waals surface area contributed by atoms with Crippen molar-refractivity contribution in [3.63, 3.8) is 0 Å². The van der Waals surface area contributed by atoms with E-state index in [9.17, 15) is 14.0 Å². The minimum atomic E-state index is -0.328. The summed E-state index contributed by atoms with van der Waals surface area (Å²) >= 11 is 0. The van der Waals surface area contributed by atoms with Crippen LogP contribution in [0.3, 0.4) is 0 Å². The molecule has 0 spiro atoms. The number of hydrogen-bond donors (Lipinski definition) is 1. The molecule has 2 heterocycles. The van der Waals surface area contributed by atoms with Gasteiger partial charge in [-0.3, -0.25) is 14.7 Å². The van der Waals surface area contributed by atoms with Crippen LogP contribution in [0.5, 0.6) is 5.75 Å². The lowest BCUT2D eigenvalue weighted by molar-refractivity contribution is 0.0530. The molecular weight excluding hydrogens is 387 g/mol. The lowest BCUT2D eigenvalue weighted by Gasteiger charge is -2.34. The Hall–Kier alpha value is -3.68. The molecule has 3 aromatic rings. The van der Waals surface area contributed by atoms with Crippen LogP contribution in [0.1, 0.15) is 20.8 Å². The predicted molar refractivity (Wildman–Crippen MR) is 109 cm³/mol. The average Bonchev–Trinajstić information content (AvgIpc) is 3.29. The summed E-state index contributed by atoms with van der Waals surface area (Å²) in [5.74, 6) is -0.0853. The van der Waals surface area contributed by atoms with Gasteiger partial charge in [-0.2, -0.15) is 5.10 Å². The smallest absolute Gasteiger partial charge is 0.272 e. The molecule has 0 bridgehead atoms. The Morgan fingerprint density at radius 3 is 2.27 bits per heavy atom. The first kappa shape index (κ1) is 19.6. The number of nitrogens with one attached hydrogen (secondary N) is 1. The van der Waals surface area contributed by atoms with E-state index in [1.165, 1.54) is 19.2 Å². The molecule has 0 saturated carbocycles. The van der Waals surface area contributed by atoms with Crippen molar-refractivity contribution in [2.24, 2.45) is 0 Å². The predicted octanol–water partition coefficient (Wildman–Crippen LogP) is 2.82. The molecule has 0 radical (unpaired) electrons. The first-order valence-electron chi connectivity index (χ1n) is 9.60. The zero-order valence-corrected chi connectivity index (χ0v) is 16.5. The maximum absolute atomic E-state index is 13.1. The third-order valence-electron chi connectivity index (χ3n) is 5.14. The maximum Gasteiger partial charge on any atom is 0.272 e. The Bertz CT molecular complexity index is 1060. The van der Waals surface area contributed by atoms with Gasteiger partial charge in [0.15, 0.2) is 0 Å². The van der Waals surface area contributed by atoms with E-state index in [1.54, 1.807) is 46.2 Å². The molecule has 0 aliphatic carbocycles. The number of amides is 2. The standard InChI is InChI=1S/C22H21FN4O3/c1-30-20-5-3-2-4-17(20)21(28)26-10-12-27(13-11-26)22(29)19-14-18(24-25-19)15-6-8-16(23)9-7-15/h2-9,14H,10-13H2,1H3,(H,24,25). The normalized spacial score (nSPS) is 13.9. The monoisotopic (exact) mass is 408 g/mol. The third kappa shape index (κ3) is 3.89. The van der Waals surface area contributed by atoms with Gasteiger partial charge in [0.1, 0.15) is 17.3 Å². The second kappa shape index (κ2) is 8.36. The van der Waals surface area contributed by atoms with E-state index in [1.807, 2.05) is 6.07 Å². The highest BCUT2D eigenvalue weighted by Crippen LogP contribution is 2.21. The van der Waals surface area contributed by atoms with Crippen LogP contribution >= 0.6 is 0 Å². The first-order chi connectivity index (χ1) is 14.6. The van der Waals surface area contributed by atoms with Crippen molar-refractivity contribution in [1.29, 1.82) is 0 Å². The quantitative estimate of drug-likeness (QED) is 0.720. The molecule has 1 N–H and O–H groups in total. The molecule has 2 aromatic carbocycles. The fourth-order valence-electron chi connectivity index (χ4n) is 3.47. The highest BCUT2D eigenvalue weighted by Gasteiger charge is 2.27. The number of piperazine rings is 1. The number of aromatic amines is 1. The molecular formula is C22H21FN4O3. The number of hydrogen-bond acceptors (Lipinski definition) is 4. The van der Waals surface area contributed by atoms with Crippen molar-refractivity contribution in [3.8, 4) is 17.0 Å². The number of para-hydroxylation sites is 1. The molecule has 8 heteroatoms. The third-order valence-corrected chi connectivity index (χ3v) is 5.14. The number of ether oxygens (including phenoxy) is 1. The molecule has 0 atom stereocenters. The van der Waals surface area contributed by atoms with Gasteiger partial charge < -0.3 is 14.5 Å². The average molecular weight is 408 g/mol. The van der Waals surface area contributed by atoms with Crippen molar-refractivity contribution < 1.29 is 18.7 Å². The number of methoxy groups -OCH3 is 1. The summed E-state index contributed by atoms with van der Waals surface area (Å²) in [6.07, 6.45) is 0. The Kier molecular flexibility index (Phi) is 5.47. The highest BCUT2D eigenvalue weighted by atomic mass is 19.1. The fraction of sp³-hybridized carbons (Fsp3) is 0.227. The second-order valence-corrected chi connectivity index (χ2v) is 6.96. The molecule has 154 valence electrons. The van der Waals surface area contributed by atoms with Crippen LogP contribution in [-0.4, -0.2) is 65.1 Å². The summed E-state index contributed by atoms with van der Waals surface area (Å²) in [6, 6.07) is 14.7. The SMILES string of the molecule is COc1ccccc1C(=O)N1CCN(C(=O)c2cc(-c3ccc(F)cc3)n[nH]2)CC1. The fourth-order valence-corrected chi connectivity index (χ4v) is 3.47. The van der Waals surface area contributed by atoms with Gasteiger partial charge in [0.25, 0.3) is 11.8 Å². The number of carbonyl (C=O) groups excluding carboxylic acids is 2. The number of carbonyl (C=O) groups is 2. The summed E-state index contributed by atoms with van der Waals surface area (Å²) in [4.78, 5) is 29.0. The van der Waals surface area contributed by atoms with Crippen molar-refractivity contribution >= 4 is 11.8 Å². The molecule has 4 rings (SSSR count).